The third-order valence-corrected chi connectivity index (χ3v) is 4.60. The van der Waals surface area contributed by atoms with E-state index in [1.807, 2.05) is 39.0 Å². The zero-order valence-corrected chi connectivity index (χ0v) is 15.9. The minimum atomic E-state index is -0.307. The molecule has 2 aromatic heterocycles. The second-order valence-corrected chi connectivity index (χ2v) is 6.89. The number of rotatable bonds is 4. The van der Waals surface area contributed by atoms with Crippen LogP contribution in [0, 0.1) is 6.57 Å². The lowest BCUT2D eigenvalue weighted by Crippen LogP contribution is -2.28. The fourth-order valence-corrected chi connectivity index (χ4v) is 3.34. The zero-order chi connectivity index (χ0) is 19.7. The summed E-state index contributed by atoms with van der Waals surface area (Å²) in [4.78, 5) is 24.5. The van der Waals surface area contributed by atoms with Gasteiger partial charge in [-0.15, -0.1) is 0 Å². The van der Waals surface area contributed by atoms with Gasteiger partial charge in [0.15, 0.2) is 0 Å². The molecule has 7 nitrogen and oxygen atoms in total. The Kier molecular flexibility index (Phi) is 5.02. The van der Waals surface area contributed by atoms with Crippen LogP contribution in [-0.2, 0) is 0 Å². The van der Waals surface area contributed by atoms with Crippen LogP contribution in [0.25, 0.3) is 15.6 Å². The lowest BCUT2D eigenvalue weighted by atomic mass is 10.1. The first-order chi connectivity index (χ1) is 12.8. The van der Waals surface area contributed by atoms with Gasteiger partial charge in [-0.2, -0.15) is 0 Å². The molecule has 0 amide bonds. The second kappa shape index (κ2) is 7.25. The van der Waals surface area contributed by atoms with Crippen molar-refractivity contribution in [3.63, 3.8) is 0 Å². The van der Waals surface area contributed by atoms with Crippen molar-refractivity contribution in [3.8, 4) is 0 Å². The number of hydrogen-bond donors (Lipinski definition) is 2. The Morgan fingerprint density at radius 2 is 2.07 bits per heavy atom. The fourth-order valence-electron chi connectivity index (χ4n) is 3.08. The minimum absolute atomic E-state index is 0.0728. The van der Waals surface area contributed by atoms with Gasteiger partial charge in [0.25, 0.3) is 5.56 Å². The van der Waals surface area contributed by atoms with Crippen LogP contribution in [0.2, 0.25) is 5.02 Å². The maximum Gasteiger partial charge on any atom is 0.260 e. The molecule has 0 unspecified atom stereocenters. The van der Waals surface area contributed by atoms with Crippen LogP contribution >= 0.6 is 11.6 Å². The molecule has 138 valence electrons. The number of benzene rings is 1. The van der Waals surface area contributed by atoms with E-state index in [9.17, 15) is 4.79 Å². The number of fused-ring (bicyclic) bond motifs is 1. The Balaban J connectivity index is 2.16. The Morgan fingerprint density at radius 1 is 1.33 bits per heavy atom. The molecule has 0 aliphatic heterocycles. The maximum absolute atomic E-state index is 13.1. The third-order valence-electron chi connectivity index (χ3n) is 4.28. The summed E-state index contributed by atoms with van der Waals surface area (Å²) < 4.78 is 1.70. The summed E-state index contributed by atoms with van der Waals surface area (Å²) in [7, 11) is 0. The van der Waals surface area contributed by atoms with E-state index < -0.39 is 0 Å². The molecule has 0 saturated carbocycles. The van der Waals surface area contributed by atoms with E-state index in [0.717, 1.165) is 11.1 Å². The molecule has 0 radical (unpaired) electrons. The Bertz CT molecular complexity index is 1120. The van der Waals surface area contributed by atoms with E-state index in [2.05, 4.69) is 20.1 Å². The van der Waals surface area contributed by atoms with E-state index in [-0.39, 0.29) is 29.3 Å². The van der Waals surface area contributed by atoms with E-state index in [0.29, 0.717) is 16.2 Å². The highest BCUT2D eigenvalue weighted by Gasteiger charge is 2.19. The van der Waals surface area contributed by atoms with Gasteiger partial charge in [0.05, 0.1) is 23.0 Å². The van der Waals surface area contributed by atoms with Gasteiger partial charge in [-0.1, -0.05) is 23.7 Å². The summed E-state index contributed by atoms with van der Waals surface area (Å²) in [6, 6.07) is 6.93. The predicted octanol–water partition coefficient (Wildman–Crippen LogP) is 4.33. The van der Waals surface area contributed by atoms with Crippen LogP contribution in [0.3, 0.4) is 0 Å². The topological polar surface area (TPSA) is 90.2 Å². The molecule has 0 fully saturated rings. The average molecular weight is 383 g/mol. The van der Waals surface area contributed by atoms with Crippen molar-refractivity contribution in [1.82, 2.24) is 14.5 Å². The van der Waals surface area contributed by atoms with Crippen molar-refractivity contribution in [1.29, 1.82) is 0 Å². The number of pyridine rings is 1. The third kappa shape index (κ3) is 3.44. The van der Waals surface area contributed by atoms with Gasteiger partial charge < -0.3 is 15.6 Å². The SMILES string of the molecule is [C-]#[N+]c1cnc(N)nc1N[C@@H](C)c1cc2cccc(Cl)c2c(=O)n1C(C)C. The molecule has 0 bridgehead atoms. The van der Waals surface area contributed by atoms with Crippen LogP contribution in [0.5, 0.6) is 0 Å². The summed E-state index contributed by atoms with van der Waals surface area (Å²) in [5.41, 5.74) is 6.53. The largest absolute Gasteiger partial charge is 0.371 e. The van der Waals surface area contributed by atoms with Crippen molar-refractivity contribution in [2.24, 2.45) is 0 Å². The van der Waals surface area contributed by atoms with Gasteiger partial charge in [-0.05, 0) is 38.3 Å². The molecule has 0 saturated heterocycles. The predicted molar refractivity (Wildman–Crippen MR) is 108 cm³/mol. The van der Waals surface area contributed by atoms with Gasteiger partial charge >= 0.3 is 0 Å². The van der Waals surface area contributed by atoms with Crippen LogP contribution < -0.4 is 16.6 Å². The molecular formula is C19H19ClN6O. The summed E-state index contributed by atoms with van der Waals surface area (Å²) in [6.07, 6.45) is 1.38. The standard InChI is InChI=1S/C19H19ClN6O/c1-10(2)26-15(8-12-6-5-7-13(20)16(12)18(26)27)11(3)24-17-14(22-4)9-23-19(21)25-17/h5-11H,1-3H3,(H3,21,23,24,25)/t11-/m0/s1. The second-order valence-electron chi connectivity index (χ2n) is 6.48. The van der Waals surface area contributed by atoms with Gasteiger partial charge in [-0.3, -0.25) is 4.79 Å². The molecule has 3 rings (SSSR count). The van der Waals surface area contributed by atoms with Crippen LogP contribution in [0.4, 0.5) is 17.5 Å². The fraction of sp³-hybridized carbons (Fsp3) is 0.263. The van der Waals surface area contributed by atoms with Crippen LogP contribution in [-0.4, -0.2) is 14.5 Å². The van der Waals surface area contributed by atoms with Crippen LogP contribution in [0.15, 0.2) is 35.3 Å². The molecule has 8 heteroatoms. The first kappa shape index (κ1) is 18.7. The van der Waals surface area contributed by atoms with Crippen molar-refractivity contribution in [2.75, 3.05) is 11.1 Å². The number of nitrogens with two attached hydrogens (primary N) is 1. The van der Waals surface area contributed by atoms with Gasteiger partial charge in [-0.25, -0.2) is 14.8 Å². The Hall–Kier alpha value is -3.11. The van der Waals surface area contributed by atoms with E-state index in [1.165, 1.54) is 6.20 Å². The maximum atomic E-state index is 13.1. The first-order valence-corrected chi connectivity index (χ1v) is 8.81. The summed E-state index contributed by atoms with van der Waals surface area (Å²) >= 11 is 6.26. The van der Waals surface area contributed by atoms with Crippen LogP contribution in [0.1, 0.15) is 38.5 Å². The number of halogens is 1. The van der Waals surface area contributed by atoms with Gasteiger partial charge in [0, 0.05) is 17.9 Å². The number of nitrogens with zero attached hydrogens (tertiary/aromatic N) is 4. The quantitative estimate of drug-likeness (QED) is 0.655. The lowest BCUT2D eigenvalue weighted by Gasteiger charge is -2.24. The molecule has 27 heavy (non-hydrogen) atoms. The molecule has 3 N–H and O–H groups in total. The highest BCUT2D eigenvalue weighted by Crippen LogP contribution is 2.29. The van der Waals surface area contributed by atoms with E-state index in [4.69, 9.17) is 23.9 Å². The smallest absolute Gasteiger partial charge is 0.260 e. The number of nitrogens with one attached hydrogen (secondary N) is 1. The van der Waals surface area contributed by atoms with Gasteiger partial charge in [0.2, 0.25) is 11.6 Å². The van der Waals surface area contributed by atoms with Crippen molar-refractivity contribution in [2.45, 2.75) is 32.9 Å². The molecule has 0 spiro atoms. The van der Waals surface area contributed by atoms with Crippen molar-refractivity contribution < 1.29 is 0 Å². The molecule has 0 aliphatic carbocycles. The molecule has 1 atom stereocenters. The summed E-state index contributed by atoms with van der Waals surface area (Å²) in [6.45, 7) is 13.0. The highest BCUT2D eigenvalue weighted by molar-refractivity contribution is 6.35. The summed E-state index contributed by atoms with van der Waals surface area (Å²) in [5, 5.41) is 4.87. The Labute approximate surface area is 161 Å². The van der Waals surface area contributed by atoms with Gasteiger partial charge in [0.1, 0.15) is 5.82 Å². The molecule has 3 aromatic rings. The average Bonchev–Trinajstić information content (AvgIpc) is 2.61. The normalized spacial score (nSPS) is 12.1. The monoisotopic (exact) mass is 382 g/mol. The molecular weight excluding hydrogens is 364 g/mol. The lowest BCUT2D eigenvalue weighted by molar-refractivity contribution is 0.541. The number of aromatic nitrogens is 3. The highest BCUT2D eigenvalue weighted by atomic mass is 35.5. The number of nitrogen functional groups attached to an aromatic ring is 1. The number of anilines is 2. The molecule has 2 heterocycles. The van der Waals surface area contributed by atoms with E-state index in [1.54, 1.807) is 10.6 Å². The summed E-state index contributed by atoms with van der Waals surface area (Å²) in [5.74, 6) is 0.405. The minimum Gasteiger partial charge on any atom is -0.371 e. The molecule has 1 aromatic carbocycles. The zero-order valence-electron chi connectivity index (χ0n) is 15.2. The van der Waals surface area contributed by atoms with Crippen molar-refractivity contribution >= 4 is 39.8 Å². The Morgan fingerprint density at radius 3 is 2.74 bits per heavy atom. The van der Waals surface area contributed by atoms with E-state index >= 15 is 0 Å². The molecule has 0 aliphatic rings. The van der Waals surface area contributed by atoms with Crippen molar-refractivity contribution in [3.05, 3.63) is 62.9 Å². The number of hydrogen-bond acceptors (Lipinski definition) is 5. The first-order valence-electron chi connectivity index (χ1n) is 8.43.